The number of carbonyl (C=O) groups excluding carboxylic acids is 1. The van der Waals surface area contributed by atoms with Crippen LogP contribution in [0.2, 0.25) is 0 Å². The zero-order valence-corrected chi connectivity index (χ0v) is 6.05. The Balaban J connectivity index is 2.39. The van der Waals surface area contributed by atoms with Crippen molar-refractivity contribution in [1.29, 1.82) is 0 Å². The molecule has 0 aromatic heterocycles. The van der Waals surface area contributed by atoms with Gasteiger partial charge in [-0.25, -0.2) is 4.79 Å². The molecular weight excluding hydrogens is 137 g/mol. The van der Waals surface area contributed by atoms with Crippen molar-refractivity contribution in [3.63, 3.8) is 0 Å². The molecule has 52 valence electrons. The van der Waals surface area contributed by atoms with Gasteiger partial charge in [0, 0.05) is 12.6 Å². The summed E-state index contributed by atoms with van der Waals surface area (Å²) >= 11 is 0. The van der Waals surface area contributed by atoms with Gasteiger partial charge in [-0.2, -0.15) is 0 Å². The Morgan fingerprint density at radius 1 is 1.89 bits per heavy atom. The van der Waals surface area contributed by atoms with Crippen LogP contribution in [-0.4, -0.2) is 30.2 Å². The molecule has 2 amide bonds. The van der Waals surface area contributed by atoms with Gasteiger partial charge in [-0.3, -0.25) is 0 Å². The third-order valence-corrected chi connectivity index (χ3v) is 2.21. The molecule has 4 nitrogen and oxygen atoms in total. The van der Waals surface area contributed by atoms with Gasteiger partial charge in [-0.15, -0.1) is 0 Å². The van der Waals surface area contributed by atoms with E-state index in [2.05, 4.69) is 5.32 Å². The van der Waals surface area contributed by atoms with Crippen molar-refractivity contribution in [2.24, 2.45) is 5.73 Å². The molecule has 1 rings (SSSR count). The summed E-state index contributed by atoms with van der Waals surface area (Å²) < 4.78 is 0. The van der Waals surface area contributed by atoms with Crippen LogP contribution in [0.3, 0.4) is 0 Å². The standard InChI is InChI=1S/C4H10N3OP/c5-1-7-3-9-2-6-4(7)8/h9H,1-3,5H2,(H,6,8). The number of nitrogens with zero attached hydrogens (tertiary/aromatic N) is 1. The van der Waals surface area contributed by atoms with Gasteiger partial charge in [-0.1, -0.05) is 8.58 Å². The van der Waals surface area contributed by atoms with E-state index >= 15 is 0 Å². The maximum Gasteiger partial charge on any atom is 0.319 e. The summed E-state index contributed by atoms with van der Waals surface area (Å²) in [5.41, 5.74) is 5.26. The topological polar surface area (TPSA) is 58.4 Å². The van der Waals surface area contributed by atoms with E-state index in [1.54, 1.807) is 4.90 Å². The van der Waals surface area contributed by atoms with Crippen LogP contribution in [0, 0.1) is 0 Å². The van der Waals surface area contributed by atoms with Gasteiger partial charge in [0.1, 0.15) is 0 Å². The van der Waals surface area contributed by atoms with E-state index in [0.29, 0.717) is 6.67 Å². The molecule has 0 radical (unpaired) electrons. The predicted octanol–water partition coefficient (Wildman–Crippen LogP) is -0.479. The van der Waals surface area contributed by atoms with E-state index in [4.69, 9.17) is 5.73 Å². The van der Waals surface area contributed by atoms with Crippen LogP contribution in [0.1, 0.15) is 0 Å². The second-order valence-corrected chi connectivity index (χ2v) is 2.96. The highest BCUT2D eigenvalue weighted by Gasteiger charge is 2.14. The minimum Gasteiger partial charge on any atom is -0.334 e. The van der Waals surface area contributed by atoms with E-state index in [9.17, 15) is 4.79 Å². The summed E-state index contributed by atoms with van der Waals surface area (Å²) in [4.78, 5) is 12.4. The number of nitrogens with two attached hydrogens (primary N) is 1. The van der Waals surface area contributed by atoms with Crippen LogP contribution in [0.15, 0.2) is 0 Å². The second kappa shape index (κ2) is 2.99. The Bertz CT molecular complexity index is 118. The quantitative estimate of drug-likeness (QED) is 0.492. The average molecular weight is 147 g/mol. The summed E-state index contributed by atoms with van der Waals surface area (Å²) in [6.07, 6.45) is 1.64. The van der Waals surface area contributed by atoms with Gasteiger partial charge in [0.25, 0.3) is 0 Å². The van der Waals surface area contributed by atoms with E-state index in [1.165, 1.54) is 0 Å². The lowest BCUT2D eigenvalue weighted by atomic mass is 10.8. The summed E-state index contributed by atoms with van der Waals surface area (Å²) in [6.45, 7) is 0.332. The lowest BCUT2D eigenvalue weighted by Gasteiger charge is -2.25. The Labute approximate surface area is 55.6 Å². The molecule has 1 atom stereocenters. The average Bonchev–Trinajstić information content (AvgIpc) is 1.89. The van der Waals surface area contributed by atoms with Crippen LogP contribution >= 0.6 is 8.58 Å². The minimum absolute atomic E-state index is 0.0312. The molecular formula is C4H10N3OP. The first-order valence-corrected chi connectivity index (χ1v) is 4.19. The molecule has 3 N–H and O–H groups in total. The summed E-state index contributed by atoms with van der Waals surface area (Å²) in [5.74, 6) is 0. The van der Waals surface area contributed by atoms with Crippen molar-refractivity contribution in [2.45, 2.75) is 0 Å². The molecule has 1 unspecified atom stereocenters. The summed E-state index contributed by atoms with van der Waals surface area (Å²) in [7, 11) is 0.789. The van der Waals surface area contributed by atoms with E-state index in [0.717, 1.165) is 21.2 Å². The molecule has 0 saturated carbocycles. The van der Waals surface area contributed by atoms with Crippen molar-refractivity contribution < 1.29 is 4.79 Å². The van der Waals surface area contributed by atoms with Crippen molar-refractivity contribution in [2.75, 3.05) is 19.2 Å². The molecule has 0 spiro atoms. The number of amides is 2. The number of carbonyl (C=O) groups is 1. The lowest BCUT2D eigenvalue weighted by molar-refractivity contribution is 0.207. The highest BCUT2D eigenvalue weighted by Crippen LogP contribution is 2.13. The number of rotatable bonds is 1. The molecule has 9 heavy (non-hydrogen) atoms. The van der Waals surface area contributed by atoms with Crippen molar-refractivity contribution >= 4 is 14.6 Å². The molecule has 0 bridgehead atoms. The number of hydrogen-bond donors (Lipinski definition) is 2. The molecule has 5 heteroatoms. The first kappa shape index (κ1) is 6.78. The highest BCUT2D eigenvalue weighted by atomic mass is 31.1. The SMILES string of the molecule is NCN1CPCNC1=O. The predicted molar refractivity (Wildman–Crippen MR) is 37.5 cm³/mol. The zero-order valence-electron chi connectivity index (χ0n) is 5.05. The van der Waals surface area contributed by atoms with Crippen LogP contribution < -0.4 is 11.1 Å². The van der Waals surface area contributed by atoms with E-state index in [-0.39, 0.29) is 6.03 Å². The monoisotopic (exact) mass is 147 g/mol. The highest BCUT2D eigenvalue weighted by molar-refractivity contribution is 7.38. The molecule has 1 fully saturated rings. The smallest absolute Gasteiger partial charge is 0.319 e. The Morgan fingerprint density at radius 3 is 3.11 bits per heavy atom. The molecule has 0 aromatic carbocycles. The summed E-state index contributed by atoms with van der Waals surface area (Å²) in [6, 6.07) is -0.0312. The fraction of sp³-hybridized carbons (Fsp3) is 0.750. The molecule has 0 aliphatic carbocycles. The fourth-order valence-electron chi connectivity index (χ4n) is 0.660. The molecule has 1 aliphatic heterocycles. The van der Waals surface area contributed by atoms with Crippen molar-refractivity contribution in [3.05, 3.63) is 0 Å². The van der Waals surface area contributed by atoms with Crippen LogP contribution in [0.25, 0.3) is 0 Å². The molecule has 1 saturated heterocycles. The van der Waals surface area contributed by atoms with E-state index < -0.39 is 0 Å². The van der Waals surface area contributed by atoms with Gasteiger partial charge < -0.3 is 16.0 Å². The Hall–Kier alpha value is -0.340. The van der Waals surface area contributed by atoms with Gasteiger partial charge in [0.2, 0.25) is 0 Å². The van der Waals surface area contributed by atoms with Gasteiger partial charge >= 0.3 is 6.03 Å². The minimum atomic E-state index is -0.0312. The third kappa shape index (κ3) is 1.53. The molecule has 1 heterocycles. The fourth-order valence-corrected chi connectivity index (χ4v) is 1.59. The normalized spacial score (nSPS) is 22.3. The number of hydrogen-bond acceptors (Lipinski definition) is 2. The number of urea groups is 1. The first-order chi connectivity index (χ1) is 4.34. The van der Waals surface area contributed by atoms with Crippen molar-refractivity contribution in [3.8, 4) is 0 Å². The number of nitrogens with one attached hydrogen (secondary N) is 1. The lowest BCUT2D eigenvalue weighted by Crippen LogP contribution is -2.45. The Kier molecular flexibility index (Phi) is 2.25. The zero-order chi connectivity index (χ0) is 6.69. The van der Waals surface area contributed by atoms with Crippen LogP contribution in [0.4, 0.5) is 4.79 Å². The molecule has 0 aromatic rings. The summed E-state index contributed by atoms with van der Waals surface area (Å²) in [5, 5.41) is 2.70. The largest absolute Gasteiger partial charge is 0.334 e. The van der Waals surface area contributed by atoms with E-state index in [1.807, 2.05) is 0 Å². The van der Waals surface area contributed by atoms with Crippen molar-refractivity contribution in [1.82, 2.24) is 10.2 Å². The third-order valence-electron chi connectivity index (χ3n) is 1.17. The maximum atomic E-state index is 10.8. The van der Waals surface area contributed by atoms with Crippen LogP contribution in [-0.2, 0) is 0 Å². The first-order valence-electron chi connectivity index (χ1n) is 2.78. The Morgan fingerprint density at radius 2 is 2.67 bits per heavy atom. The van der Waals surface area contributed by atoms with Gasteiger partial charge in [-0.05, 0) is 0 Å². The van der Waals surface area contributed by atoms with Crippen LogP contribution in [0.5, 0.6) is 0 Å². The maximum absolute atomic E-state index is 10.8. The second-order valence-electron chi connectivity index (χ2n) is 1.79. The van der Waals surface area contributed by atoms with Gasteiger partial charge in [0.05, 0.1) is 6.67 Å². The van der Waals surface area contributed by atoms with Gasteiger partial charge in [0.15, 0.2) is 0 Å². The molecule has 1 aliphatic rings.